The molecule has 18 heavy (non-hydrogen) atoms. The van der Waals surface area contributed by atoms with E-state index >= 15 is 0 Å². The molecule has 6 heteroatoms. The number of carboxylic acid groups (broad SMARTS) is 1. The predicted octanol–water partition coefficient (Wildman–Crippen LogP) is 1.93. The minimum atomic E-state index is -0.787. The maximum atomic E-state index is 11.4. The minimum absolute atomic E-state index is 0.146. The number of thioether (sulfide) groups is 1. The number of amides is 2. The molecule has 0 fully saturated rings. The molecule has 0 aliphatic heterocycles. The van der Waals surface area contributed by atoms with Crippen molar-refractivity contribution in [2.75, 3.05) is 18.1 Å². The van der Waals surface area contributed by atoms with Crippen LogP contribution in [0.4, 0.5) is 4.79 Å². The van der Waals surface area contributed by atoms with Gasteiger partial charge in [-0.1, -0.05) is 13.8 Å². The van der Waals surface area contributed by atoms with E-state index in [-0.39, 0.29) is 18.0 Å². The summed E-state index contributed by atoms with van der Waals surface area (Å²) in [4.78, 5) is 22.0. The minimum Gasteiger partial charge on any atom is -0.481 e. The Kier molecular flexibility index (Phi) is 9.55. The Morgan fingerprint density at radius 1 is 1.33 bits per heavy atom. The molecule has 2 atom stereocenters. The molecule has 0 radical (unpaired) electrons. The third-order valence-corrected chi connectivity index (χ3v) is 3.61. The van der Waals surface area contributed by atoms with Crippen molar-refractivity contribution >= 4 is 23.8 Å². The van der Waals surface area contributed by atoms with Crippen LogP contribution in [0.1, 0.15) is 33.6 Å². The van der Waals surface area contributed by atoms with Gasteiger partial charge < -0.3 is 15.7 Å². The first kappa shape index (κ1) is 17.1. The van der Waals surface area contributed by atoms with E-state index in [2.05, 4.69) is 17.6 Å². The molecule has 0 saturated carbocycles. The van der Waals surface area contributed by atoms with Crippen molar-refractivity contribution in [2.24, 2.45) is 5.92 Å². The number of carbonyl (C=O) groups excluding carboxylic acids is 1. The van der Waals surface area contributed by atoms with Crippen LogP contribution in [0, 0.1) is 5.92 Å². The van der Waals surface area contributed by atoms with Gasteiger partial charge in [-0.2, -0.15) is 11.8 Å². The van der Waals surface area contributed by atoms with Crippen LogP contribution in [0.15, 0.2) is 0 Å². The van der Waals surface area contributed by atoms with E-state index in [4.69, 9.17) is 5.11 Å². The quantitative estimate of drug-likeness (QED) is 0.562. The van der Waals surface area contributed by atoms with Crippen molar-refractivity contribution in [3.05, 3.63) is 0 Å². The van der Waals surface area contributed by atoms with Crippen molar-refractivity contribution in [3.63, 3.8) is 0 Å². The van der Waals surface area contributed by atoms with E-state index in [1.54, 1.807) is 18.7 Å². The van der Waals surface area contributed by atoms with Gasteiger partial charge in [0.05, 0.1) is 5.92 Å². The van der Waals surface area contributed by atoms with Crippen molar-refractivity contribution in [1.82, 2.24) is 10.6 Å². The number of rotatable bonds is 9. The second kappa shape index (κ2) is 10.1. The van der Waals surface area contributed by atoms with Crippen molar-refractivity contribution in [2.45, 2.75) is 39.7 Å². The molecule has 0 heterocycles. The molecule has 2 amide bonds. The molecule has 0 rings (SSSR count). The summed E-state index contributed by atoms with van der Waals surface area (Å²) in [6.45, 7) is 6.24. The Hall–Kier alpha value is -0.910. The monoisotopic (exact) mass is 276 g/mol. The first-order chi connectivity index (χ1) is 8.47. The zero-order valence-corrected chi connectivity index (χ0v) is 12.2. The number of hydrogen-bond donors (Lipinski definition) is 3. The highest BCUT2D eigenvalue weighted by Crippen LogP contribution is 2.04. The molecule has 3 N–H and O–H groups in total. The molecule has 0 aliphatic carbocycles. The largest absolute Gasteiger partial charge is 0.481 e. The fourth-order valence-corrected chi connectivity index (χ4v) is 2.02. The third kappa shape index (κ3) is 9.15. The summed E-state index contributed by atoms with van der Waals surface area (Å²) in [6.07, 6.45) is 1.26. The lowest BCUT2D eigenvalue weighted by atomic mass is 10.1. The number of carboxylic acids is 1. The summed E-state index contributed by atoms with van der Waals surface area (Å²) >= 11 is 1.79. The Morgan fingerprint density at radius 3 is 2.56 bits per heavy atom. The lowest BCUT2D eigenvalue weighted by Gasteiger charge is -2.14. The first-order valence-electron chi connectivity index (χ1n) is 6.32. The predicted molar refractivity (Wildman–Crippen MR) is 75.0 cm³/mol. The van der Waals surface area contributed by atoms with E-state index in [0.29, 0.717) is 19.4 Å². The first-order valence-corrected chi connectivity index (χ1v) is 7.47. The van der Waals surface area contributed by atoms with E-state index < -0.39 is 5.97 Å². The van der Waals surface area contributed by atoms with Crippen LogP contribution in [0.25, 0.3) is 0 Å². The van der Waals surface area contributed by atoms with Crippen LogP contribution in [0.3, 0.4) is 0 Å². The molecule has 5 nitrogen and oxygen atoms in total. The maximum absolute atomic E-state index is 11.4. The summed E-state index contributed by atoms with van der Waals surface area (Å²) in [6, 6.07) is -0.0323. The van der Waals surface area contributed by atoms with Gasteiger partial charge in [0.25, 0.3) is 0 Å². The molecule has 2 unspecified atom stereocenters. The average molecular weight is 276 g/mol. The third-order valence-electron chi connectivity index (χ3n) is 2.47. The molecule has 0 aromatic carbocycles. The summed E-state index contributed by atoms with van der Waals surface area (Å²) in [5.41, 5.74) is 0. The van der Waals surface area contributed by atoms with Crippen LogP contribution in [-0.2, 0) is 4.79 Å². The normalized spacial score (nSPS) is 13.7. The van der Waals surface area contributed by atoms with Crippen LogP contribution >= 0.6 is 11.8 Å². The molecule has 0 spiro atoms. The van der Waals surface area contributed by atoms with Crippen LogP contribution in [0.5, 0.6) is 0 Å². The zero-order chi connectivity index (χ0) is 14.0. The molecule has 106 valence electrons. The average Bonchev–Trinajstić information content (AvgIpc) is 2.31. The number of urea groups is 1. The number of carbonyl (C=O) groups is 2. The van der Waals surface area contributed by atoms with Gasteiger partial charge in [0.15, 0.2) is 0 Å². The molecular weight excluding hydrogens is 252 g/mol. The van der Waals surface area contributed by atoms with E-state index in [1.807, 2.05) is 6.92 Å². The highest BCUT2D eigenvalue weighted by Gasteiger charge is 2.10. The summed E-state index contributed by atoms with van der Waals surface area (Å²) < 4.78 is 0. The lowest BCUT2D eigenvalue weighted by Crippen LogP contribution is -2.42. The molecule has 0 saturated heterocycles. The Labute approximate surface area is 113 Å². The van der Waals surface area contributed by atoms with E-state index in [9.17, 15) is 9.59 Å². The van der Waals surface area contributed by atoms with Crippen LogP contribution in [-0.4, -0.2) is 41.2 Å². The number of nitrogens with one attached hydrogen (secondary N) is 2. The van der Waals surface area contributed by atoms with Gasteiger partial charge in [-0.3, -0.25) is 4.79 Å². The molecule has 0 aliphatic rings. The Bertz CT molecular complexity index is 262. The summed E-state index contributed by atoms with van der Waals surface area (Å²) in [5.74, 6) is 0.806. The summed E-state index contributed by atoms with van der Waals surface area (Å²) in [7, 11) is 0. The standard InChI is InChI=1S/C12H24N2O3S/c1-4-18-8-10(3)14-12(17)13-7-5-6-9(2)11(15)16/h9-10H,4-8H2,1-3H3,(H,15,16)(H2,13,14,17). The van der Waals surface area contributed by atoms with Crippen LogP contribution < -0.4 is 10.6 Å². The Balaban J connectivity index is 3.56. The second-order valence-corrected chi connectivity index (χ2v) is 5.66. The summed E-state index contributed by atoms with van der Waals surface area (Å²) in [5, 5.41) is 14.3. The highest BCUT2D eigenvalue weighted by atomic mass is 32.2. The fourth-order valence-electron chi connectivity index (χ4n) is 1.34. The van der Waals surface area contributed by atoms with Gasteiger partial charge in [0, 0.05) is 18.3 Å². The number of aliphatic carboxylic acids is 1. The van der Waals surface area contributed by atoms with E-state index in [1.165, 1.54) is 0 Å². The van der Waals surface area contributed by atoms with Gasteiger partial charge in [0.1, 0.15) is 0 Å². The van der Waals surface area contributed by atoms with Gasteiger partial charge in [-0.25, -0.2) is 4.79 Å². The van der Waals surface area contributed by atoms with Gasteiger partial charge in [0.2, 0.25) is 0 Å². The second-order valence-electron chi connectivity index (χ2n) is 4.34. The fraction of sp³-hybridized carbons (Fsp3) is 0.833. The molecular formula is C12H24N2O3S. The van der Waals surface area contributed by atoms with Crippen LogP contribution in [0.2, 0.25) is 0 Å². The smallest absolute Gasteiger partial charge is 0.315 e. The highest BCUT2D eigenvalue weighted by molar-refractivity contribution is 7.99. The Morgan fingerprint density at radius 2 is 2.00 bits per heavy atom. The van der Waals surface area contributed by atoms with Crippen molar-refractivity contribution < 1.29 is 14.7 Å². The molecule has 0 aromatic rings. The van der Waals surface area contributed by atoms with E-state index in [0.717, 1.165) is 11.5 Å². The maximum Gasteiger partial charge on any atom is 0.315 e. The van der Waals surface area contributed by atoms with Crippen molar-refractivity contribution in [1.29, 1.82) is 0 Å². The van der Waals surface area contributed by atoms with Gasteiger partial charge >= 0.3 is 12.0 Å². The molecule has 0 bridgehead atoms. The molecule has 0 aromatic heterocycles. The van der Waals surface area contributed by atoms with Gasteiger partial charge in [-0.15, -0.1) is 0 Å². The SMILES string of the molecule is CCSCC(C)NC(=O)NCCCC(C)C(=O)O. The van der Waals surface area contributed by atoms with Crippen molar-refractivity contribution in [3.8, 4) is 0 Å². The number of hydrogen-bond acceptors (Lipinski definition) is 3. The zero-order valence-electron chi connectivity index (χ0n) is 11.4. The lowest BCUT2D eigenvalue weighted by molar-refractivity contribution is -0.141. The van der Waals surface area contributed by atoms with Gasteiger partial charge in [-0.05, 0) is 25.5 Å². The topological polar surface area (TPSA) is 78.4 Å².